The van der Waals surface area contributed by atoms with Crippen molar-refractivity contribution in [1.29, 1.82) is 0 Å². The number of anilines is 1. The van der Waals surface area contributed by atoms with E-state index in [0.717, 1.165) is 0 Å². The number of ether oxygens (including phenoxy) is 1. The standard InChI is InChI=1S/C10H11BrN5O6P.Na.H/c11-10-15-4-7(12)13-2-14-8(4)16(10)9-5(17)6-3(21-9)1-20-23(18,19)22-6;;/h2-3,5-6,9,17H,1H2,(H,18,19)(H2,12,13,14);;/q;+1;-1/t3-,5-,6-,9?;;/m1../s1. The molecule has 2 aromatic rings. The van der Waals surface area contributed by atoms with Crippen molar-refractivity contribution in [1.82, 2.24) is 19.5 Å². The summed E-state index contributed by atoms with van der Waals surface area (Å²) in [4.78, 5) is 21.5. The molecule has 0 saturated carbocycles. The van der Waals surface area contributed by atoms with Gasteiger partial charge in [-0.2, -0.15) is 0 Å². The summed E-state index contributed by atoms with van der Waals surface area (Å²) in [5.41, 5.74) is 6.45. The van der Waals surface area contributed by atoms with Crippen LogP contribution in [0, 0.1) is 0 Å². The van der Waals surface area contributed by atoms with Gasteiger partial charge in [-0.05, 0) is 15.9 Å². The summed E-state index contributed by atoms with van der Waals surface area (Å²) < 4.78 is 28.6. The summed E-state index contributed by atoms with van der Waals surface area (Å²) in [6, 6.07) is 0. The minimum absolute atomic E-state index is 0. The third-order valence-corrected chi connectivity index (χ3v) is 5.23. The molecule has 126 valence electrons. The van der Waals surface area contributed by atoms with E-state index in [1.165, 1.54) is 10.9 Å². The molecule has 2 aliphatic heterocycles. The Bertz CT molecular complexity index is 843. The quantitative estimate of drug-likeness (QED) is 0.242. The first-order valence-electron chi connectivity index (χ1n) is 6.50. The average molecular weight is 432 g/mol. The second kappa shape index (κ2) is 6.54. The number of nitrogens with zero attached hydrogens (tertiary/aromatic N) is 4. The van der Waals surface area contributed by atoms with E-state index in [1.807, 2.05) is 0 Å². The fourth-order valence-corrected chi connectivity index (χ4v) is 4.19. The van der Waals surface area contributed by atoms with Gasteiger partial charge in [-0.1, -0.05) is 0 Å². The van der Waals surface area contributed by atoms with Gasteiger partial charge in [-0.15, -0.1) is 0 Å². The molecule has 24 heavy (non-hydrogen) atoms. The van der Waals surface area contributed by atoms with Crippen molar-refractivity contribution in [3.8, 4) is 0 Å². The largest absolute Gasteiger partial charge is 1.00 e. The summed E-state index contributed by atoms with van der Waals surface area (Å²) in [6.45, 7) is -0.173. The zero-order chi connectivity index (χ0) is 16.4. The molecule has 0 radical (unpaired) electrons. The molecule has 0 bridgehead atoms. The van der Waals surface area contributed by atoms with Crippen molar-refractivity contribution < 1.29 is 59.3 Å². The molecule has 0 spiro atoms. The molecule has 2 aliphatic rings. The van der Waals surface area contributed by atoms with Crippen molar-refractivity contribution in [2.75, 3.05) is 12.3 Å². The van der Waals surface area contributed by atoms with Gasteiger partial charge >= 0.3 is 37.4 Å². The van der Waals surface area contributed by atoms with Crippen LogP contribution in [0.1, 0.15) is 7.65 Å². The molecule has 2 unspecified atom stereocenters. The first-order valence-corrected chi connectivity index (χ1v) is 8.79. The van der Waals surface area contributed by atoms with Crippen LogP contribution in [-0.4, -0.2) is 54.4 Å². The van der Waals surface area contributed by atoms with Crippen LogP contribution in [0.2, 0.25) is 0 Å². The number of nitrogens with two attached hydrogens (primary N) is 1. The summed E-state index contributed by atoms with van der Waals surface area (Å²) in [7, 11) is -4.19. The van der Waals surface area contributed by atoms with Gasteiger partial charge < -0.3 is 21.9 Å². The number of aromatic nitrogens is 4. The predicted molar refractivity (Wildman–Crippen MR) is 79.1 cm³/mol. The normalized spacial score (nSPS) is 35.6. The Balaban J connectivity index is 0.00000113. The van der Waals surface area contributed by atoms with Gasteiger partial charge in [0.2, 0.25) is 0 Å². The first-order chi connectivity index (χ1) is 10.9. The van der Waals surface area contributed by atoms with E-state index in [-0.39, 0.29) is 43.4 Å². The third-order valence-electron chi connectivity index (χ3n) is 3.68. The Morgan fingerprint density at radius 1 is 1.50 bits per heavy atom. The Morgan fingerprint density at radius 3 is 3.00 bits per heavy atom. The maximum absolute atomic E-state index is 11.5. The SMILES string of the molecule is Nc1ncnc2c1nc(Br)n2C1O[C@@H]2COP(=O)(O)O[C@H]2[C@H]1O.[H-].[Na+]. The number of fused-ring (bicyclic) bond motifs is 2. The minimum Gasteiger partial charge on any atom is -1.00 e. The molecule has 14 heteroatoms. The van der Waals surface area contributed by atoms with Crippen molar-refractivity contribution in [3.05, 3.63) is 11.1 Å². The molecular weight excluding hydrogens is 420 g/mol. The molecule has 4 N–H and O–H groups in total. The molecule has 4 rings (SSSR count). The van der Waals surface area contributed by atoms with Crippen LogP contribution in [0.3, 0.4) is 0 Å². The van der Waals surface area contributed by atoms with E-state index < -0.39 is 32.4 Å². The molecule has 11 nitrogen and oxygen atoms in total. The third kappa shape index (κ3) is 2.94. The molecular formula is C10H12BrN5NaO6P. The molecule has 5 atom stereocenters. The molecule has 4 heterocycles. The number of hydrogen-bond acceptors (Lipinski definition) is 9. The Labute approximate surface area is 167 Å². The summed E-state index contributed by atoms with van der Waals surface area (Å²) in [6.07, 6.45) is -2.62. The minimum atomic E-state index is -4.19. The molecule has 0 aliphatic carbocycles. The van der Waals surface area contributed by atoms with E-state index in [9.17, 15) is 14.6 Å². The van der Waals surface area contributed by atoms with Crippen LogP contribution in [0.5, 0.6) is 0 Å². The first kappa shape index (κ1) is 18.6. The number of aliphatic hydroxyl groups is 1. The van der Waals surface area contributed by atoms with Gasteiger partial charge in [0.05, 0.1) is 6.61 Å². The van der Waals surface area contributed by atoms with Crippen LogP contribution < -0.4 is 35.3 Å². The number of aliphatic hydroxyl groups excluding tert-OH is 1. The van der Waals surface area contributed by atoms with Crippen molar-refractivity contribution in [2.45, 2.75) is 24.5 Å². The average Bonchev–Trinajstić information content (AvgIpc) is 2.97. The van der Waals surface area contributed by atoms with Crippen molar-refractivity contribution in [2.24, 2.45) is 0 Å². The smallest absolute Gasteiger partial charge is 1.00 e. The van der Waals surface area contributed by atoms with E-state index in [4.69, 9.17) is 19.5 Å². The fourth-order valence-electron chi connectivity index (χ4n) is 2.67. The molecule has 2 saturated heterocycles. The molecule has 2 aromatic heterocycles. The van der Waals surface area contributed by atoms with Gasteiger partial charge in [-0.25, -0.2) is 19.5 Å². The predicted octanol–water partition coefficient (Wildman–Crippen LogP) is -2.94. The maximum atomic E-state index is 11.5. The van der Waals surface area contributed by atoms with Crippen molar-refractivity contribution >= 4 is 40.7 Å². The topological polar surface area (TPSA) is 155 Å². The Kier molecular flexibility index (Phi) is 5.08. The number of hydrogen-bond donors (Lipinski definition) is 3. The number of phosphoric acid groups is 1. The zero-order valence-corrected chi connectivity index (χ0v) is 16.8. The van der Waals surface area contributed by atoms with Gasteiger partial charge in [-0.3, -0.25) is 13.6 Å². The van der Waals surface area contributed by atoms with Crippen LogP contribution >= 0.6 is 23.8 Å². The number of phosphoric ester groups is 1. The van der Waals surface area contributed by atoms with E-state index in [2.05, 4.69) is 30.9 Å². The van der Waals surface area contributed by atoms with E-state index >= 15 is 0 Å². The molecule has 2 fully saturated rings. The van der Waals surface area contributed by atoms with Crippen LogP contribution in [0.25, 0.3) is 11.2 Å². The zero-order valence-electron chi connectivity index (χ0n) is 13.3. The van der Waals surface area contributed by atoms with Gasteiger partial charge in [0.15, 0.2) is 27.9 Å². The van der Waals surface area contributed by atoms with Gasteiger partial charge in [0.25, 0.3) is 0 Å². The number of rotatable bonds is 1. The number of halogens is 1. The fraction of sp³-hybridized carbons (Fsp3) is 0.500. The van der Waals surface area contributed by atoms with E-state index in [1.54, 1.807) is 0 Å². The molecule has 0 aromatic carbocycles. The number of imidazole rings is 1. The Morgan fingerprint density at radius 2 is 2.25 bits per heavy atom. The van der Waals surface area contributed by atoms with Gasteiger partial charge in [0.1, 0.15) is 24.6 Å². The van der Waals surface area contributed by atoms with Crippen molar-refractivity contribution in [3.63, 3.8) is 0 Å². The summed E-state index contributed by atoms with van der Waals surface area (Å²) in [5.74, 6) is 0.179. The van der Waals surface area contributed by atoms with Crippen LogP contribution in [0.4, 0.5) is 5.82 Å². The van der Waals surface area contributed by atoms with Crippen LogP contribution in [0.15, 0.2) is 11.1 Å². The summed E-state index contributed by atoms with van der Waals surface area (Å²) in [5, 5.41) is 10.5. The maximum Gasteiger partial charge on any atom is 1.00 e. The van der Waals surface area contributed by atoms with Crippen LogP contribution in [-0.2, 0) is 18.3 Å². The Hall–Kier alpha value is -0.140. The summed E-state index contributed by atoms with van der Waals surface area (Å²) >= 11 is 3.26. The second-order valence-electron chi connectivity index (χ2n) is 5.07. The number of nitrogen functional groups attached to an aromatic ring is 1. The monoisotopic (exact) mass is 431 g/mol. The molecule has 0 amide bonds. The van der Waals surface area contributed by atoms with Gasteiger partial charge in [0, 0.05) is 0 Å². The van der Waals surface area contributed by atoms with E-state index in [0.29, 0.717) is 15.9 Å². The second-order valence-corrected chi connectivity index (χ2v) is 7.19.